The average Bonchev–Trinajstić information content (AvgIpc) is 3.07. The summed E-state index contributed by atoms with van der Waals surface area (Å²) in [6.45, 7) is 2.05. The molecule has 1 N–H and O–H groups in total. The monoisotopic (exact) mass is 365 g/mol. The molecule has 2 aromatic carbocycles. The van der Waals surface area contributed by atoms with Crippen LogP contribution in [0, 0.1) is 5.92 Å². The van der Waals surface area contributed by atoms with Gasteiger partial charge in [0, 0.05) is 17.4 Å². The van der Waals surface area contributed by atoms with E-state index in [-0.39, 0.29) is 5.78 Å². The number of fused-ring (bicyclic) bond motifs is 1. The fraction of sp³-hybridized carbons (Fsp3) is 0.333. The Morgan fingerprint density at radius 2 is 1.96 bits per heavy atom. The van der Waals surface area contributed by atoms with Crippen LogP contribution in [0.25, 0.3) is 16.6 Å². The van der Waals surface area contributed by atoms with Crippen LogP contribution in [0.5, 0.6) is 0 Å². The molecule has 0 amide bonds. The zero-order valence-electron chi connectivity index (χ0n) is 14.9. The normalized spacial score (nSPS) is 15.4. The number of aromatic nitrogens is 2. The topological polar surface area (TPSA) is 46.9 Å². The molecule has 0 radical (unpaired) electrons. The Bertz CT molecular complexity index is 914. The van der Waals surface area contributed by atoms with Crippen LogP contribution >= 0.6 is 11.8 Å². The van der Waals surface area contributed by atoms with Crippen LogP contribution in [-0.2, 0) is 0 Å². The first-order chi connectivity index (χ1) is 12.8. The summed E-state index contributed by atoms with van der Waals surface area (Å²) in [4.78, 5) is 12.8. The molecule has 5 heteroatoms. The summed E-state index contributed by atoms with van der Waals surface area (Å²) in [5, 5.41) is 10.2. The third-order valence-corrected chi connectivity index (χ3v) is 5.78. The summed E-state index contributed by atoms with van der Waals surface area (Å²) in [5.74, 6) is 0.741. The van der Waals surface area contributed by atoms with Gasteiger partial charge < -0.3 is 5.32 Å². The Balaban J connectivity index is 1.70. The van der Waals surface area contributed by atoms with Gasteiger partial charge in [0.25, 0.3) is 0 Å². The number of Topliss-reactive ketones (excluding diaryl/α,β-unsaturated/α-hetero) is 1. The van der Waals surface area contributed by atoms with Crippen LogP contribution < -0.4 is 5.32 Å². The number of hydrogen-bond acceptors (Lipinski definition) is 4. The minimum absolute atomic E-state index is 0.241. The third kappa shape index (κ3) is 3.41. The van der Waals surface area contributed by atoms with E-state index >= 15 is 0 Å². The first-order valence-corrected chi connectivity index (χ1v) is 10.3. The van der Waals surface area contributed by atoms with Crippen LogP contribution in [0.15, 0.2) is 53.6 Å². The van der Waals surface area contributed by atoms with Crippen molar-refractivity contribution in [2.45, 2.75) is 24.3 Å². The maximum absolute atomic E-state index is 12.8. The zero-order chi connectivity index (χ0) is 17.9. The first-order valence-electron chi connectivity index (χ1n) is 9.12. The smallest absolute Gasteiger partial charge is 0.163 e. The lowest BCUT2D eigenvalue weighted by molar-refractivity contribution is 0.0952. The van der Waals surface area contributed by atoms with E-state index in [0.29, 0.717) is 12.3 Å². The van der Waals surface area contributed by atoms with Gasteiger partial charge in [-0.25, -0.2) is 4.68 Å². The maximum atomic E-state index is 12.8. The number of benzene rings is 2. The van der Waals surface area contributed by atoms with Gasteiger partial charge >= 0.3 is 0 Å². The lowest BCUT2D eigenvalue weighted by Gasteiger charge is -2.21. The number of nitrogens with zero attached hydrogens (tertiary/aromatic N) is 2. The largest absolute Gasteiger partial charge is 0.317 e. The fourth-order valence-corrected chi connectivity index (χ4v) is 4.20. The molecular formula is C21H23N3OS. The van der Waals surface area contributed by atoms with Crippen molar-refractivity contribution in [3.63, 3.8) is 0 Å². The van der Waals surface area contributed by atoms with E-state index in [2.05, 4.69) is 5.32 Å². The number of para-hydroxylation sites is 1. The Morgan fingerprint density at radius 3 is 2.69 bits per heavy atom. The van der Waals surface area contributed by atoms with Crippen molar-refractivity contribution in [2.75, 3.05) is 19.3 Å². The SMILES string of the molecule is CSc1nn(-c2ccccc2)c2cc(C(=O)CC3CCNCC3)ccc12. The number of hydrogen-bond donors (Lipinski definition) is 1. The van der Waals surface area contributed by atoms with Crippen LogP contribution in [0.1, 0.15) is 29.6 Å². The van der Waals surface area contributed by atoms with E-state index in [0.717, 1.165) is 53.1 Å². The Hall–Kier alpha value is -2.11. The van der Waals surface area contributed by atoms with Gasteiger partial charge in [0.05, 0.1) is 11.2 Å². The fourth-order valence-electron chi connectivity index (χ4n) is 3.64. The van der Waals surface area contributed by atoms with E-state index in [4.69, 9.17) is 5.10 Å². The summed E-state index contributed by atoms with van der Waals surface area (Å²) in [6, 6.07) is 16.1. The van der Waals surface area contributed by atoms with Crippen molar-refractivity contribution in [3.05, 3.63) is 54.1 Å². The van der Waals surface area contributed by atoms with Crippen LogP contribution in [0.3, 0.4) is 0 Å². The Labute approximate surface area is 158 Å². The maximum Gasteiger partial charge on any atom is 0.163 e. The van der Waals surface area contributed by atoms with Crippen molar-refractivity contribution in [3.8, 4) is 5.69 Å². The predicted octanol–water partition coefficient (Wildman–Crippen LogP) is 4.32. The molecule has 3 aromatic rings. The molecule has 1 aliphatic rings. The van der Waals surface area contributed by atoms with Crippen LogP contribution in [0.4, 0.5) is 0 Å². The number of nitrogens with one attached hydrogen (secondary N) is 1. The molecule has 2 heterocycles. The summed E-state index contributed by atoms with van der Waals surface area (Å²) < 4.78 is 1.95. The van der Waals surface area contributed by atoms with Gasteiger partial charge in [-0.2, -0.15) is 5.10 Å². The zero-order valence-corrected chi connectivity index (χ0v) is 15.8. The highest BCUT2D eigenvalue weighted by atomic mass is 32.2. The predicted molar refractivity (Wildman–Crippen MR) is 107 cm³/mol. The molecule has 26 heavy (non-hydrogen) atoms. The van der Waals surface area contributed by atoms with E-state index in [1.54, 1.807) is 11.8 Å². The molecule has 1 saturated heterocycles. The van der Waals surface area contributed by atoms with E-state index in [9.17, 15) is 4.79 Å². The van der Waals surface area contributed by atoms with Gasteiger partial charge in [-0.15, -0.1) is 11.8 Å². The number of ketones is 1. The minimum Gasteiger partial charge on any atom is -0.317 e. The number of thioether (sulfide) groups is 1. The quantitative estimate of drug-likeness (QED) is 0.540. The Kier molecular flexibility index (Phi) is 5.09. The molecule has 0 spiro atoms. The standard InChI is InChI=1S/C21H23N3OS/c1-26-21-18-8-7-16(20(25)13-15-9-11-22-12-10-15)14-19(18)24(23-21)17-5-3-2-4-6-17/h2-8,14-15,22H,9-13H2,1H3. The number of carbonyl (C=O) groups excluding carboxylic acids is 1. The molecule has 0 unspecified atom stereocenters. The molecule has 134 valence electrons. The summed E-state index contributed by atoms with van der Waals surface area (Å²) in [6.07, 6.45) is 4.86. The van der Waals surface area contributed by atoms with Crippen LogP contribution in [0.2, 0.25) is 0 Å². The second kappa shape index (κ2) is 7.64. The Morgan fingerprint density at radius 1 is 1.19 bits per heavy atom. The van der Waals surface area contributed by atoms with Crippen molar-refractivity contribution >= 4 is 28.4 Å². The molecule has 1 fully saturated rings. The average molecular weight is 366 g/mol. The summed E-state index contributed by atoms with van der Waals surface area (Å²) in [7, 11) is 0. The second-order valence-electron chi connectivity index (χ2n) is 6.81. The highest BCUT2D eigenvalue weighted by Gasteiger charge is 2.19. The number of piperidine rings is 1. The van der Waals surface area contributed by atoms with Gasteiger partial charge in [-0.1, -0.05) is 24.3 Å². The van der Waals surface area contributed by atoms with Gasteiger partial charge in [0.1, 0.15) is 5.03 Å². The highest BCUT2D eigenvalue weighted by Crippen LogP contribution is 2.29. The van der Waals surface area contributed by atoms with Crippen molar-refractivity contribution in [1.29, 1.82) is 0 Å². The molecule has 0 aliphatic carbocycles. The molecule has 4 rings (SSSR count). The van der Waals surface area contributed by atoms with Gasteiger partial charge in [-0.05, 0) is 62.4 Å². The number of carbonyl (C=O) groups is 1. The first kappa shape index (κ1) is 17.3. The van der Waals surface area contributed by atoms with Crippen molar-refractivity contribution in [2.24, 2.45) is 5.92 Å². The molecule has 0 bridgehead atoms. The van der Waals surface area contributed by atoms with Crippen molar-refractivity contribution < 1.29 is 4.79 Å². The third-order valence-electron chi connectivity index (χ3n) is 5.10. The van der Waals surface area contributed by atoms with Gasteiger partial charge in [0.2, 0.25) is 0 Å². The molecule has 0 atom stereocenters. The van der Waals surface area contributed by atoms with E-state index < -0.39 is 0 Å². The number of rotatable bonds is 5. The highest BCUT2D eigenvalue weighted by molar-refractivity contribution is 7.98. The molecule has 0 saturated carbocycles. The summed E-state index contributed by atoms with van der Waals surface area (Å²) >= 11 is 1.63. The lowest BCUT2D eigenvalue weighted by atomic mass is 9.90. The van der Waals surface area contributed by atoms with Crippen molar-refractivity contribution in [1.82, 2.24) is 15.1 Å². The second-order valence-corrected chi connectivity index (χ2v) is 7.60. The summed E-state index contributed by atoms with van der Waals surface area (Å²) in [5.41, 5.74) is 2.80. The minimum atomic E-state index is 0.241. The van der Waals surface area contributed by atoms with Crippen LogP contribution in [-0.4, -0.2) is 34.9 Å². The van der Waals surface area contributed by atoms with E-state index in [1.165, 1.54) is 0 Å². The molecule has 1 aliphatic heterocycles. The van der Waals surface area contributed by atoms with Gasteiger partial charge in [0.15, 0.2) is 5.78 Å². The van der Waals surface area contributed by atoms with Gasteiger partial charge in [-0.3, -0.25) is 4.79 Å². The van der Waals surface area contributed by atoms with E-state index in [1.807, 2.05) is 59.5 Å². The molecule has 4 nitrogen and oxygen atoms in total. The lowest BCUT2D eigenvalue weighted by Crippen LogP contribution is -2.28. The molecule has 1 aromatic heterocycles. The molecular weight excluding hydrogens is 342 g/mol.